The highest BCUT2D eigenvalue weighted by Crippen LogP contribution is 2.05. The molecule has 3 aromatic heterocycles. The Morgan fingerprint density at radius 3 is 3.06 bits per heavy atom. The number of nitrogens with two attached hydrogens (primary N) is 1. The van der Waals surface area contributed by atoms with Gasteiger partial charge in [0.15, 0.2) is 17.3 Å². The molecule has 0 unspecified atom stereocenters. The van der Waals surface area contributed by atoms with Crippen molar-refractivity contribution in [3.05, 3.63) is 36.7 Å². The van der Waals surface area contributed by atoms with Crippen LogP contribution in [0.5, 0.6) is 0 Å². The van der Waals surface area contributed by atoms with Crippen LogP contribution in [0.4, 0.5) is 0 Å². The Bertz CT molecular complexity index is 623. The van der Waals surface area contributed by atoms with Gasteiger partial charge in [0.2, 0.25) is 0 Å². The van der Waals surface area contributed by atoms with E-state index in [-0.39, 0.29) is 0 Å². The molecule has 0 radical (unpaired) electrons. The minimum absolute atomic E-state index is 0.321. The minimum Gasteiger partial charge on any atom is -0.324 e. The highest BCUT2D eigenvalue weighted by atomic mass is 15.4. The van der Waals surface area contributed by atoms with Crippen LogP contribution in [0.25, 0.3) is 11.5 Å². The van der Waals surface area contributed by atoms with Gasteiger partial charge in [0.1, 0.15) is 6.33 Å². The Labute approximate surface area is 90.5 Å². The predicted molar refractivity (Wildman–Crippen MR) is 55.8 cm³/mol. The van der Waals surface area contributed by atoms with E-state index in [1.165, 1.54) is 0 Å². The summed E-state index contributed by atoms with van der Waals surface area (Å²) in [5.74, 6) is 1.29. The Morgan fingerprint density at radius 1 is 1.31 bits per heavy atom. The predicted octanol–water partition coefficient (Wildman–Crippen LogP) is -0.231. The molecule has 0 bridgehead atoms. The van der Waals surface area contributed by atoms with E-state index in [2.05, 4.69) is 20.2 Å². The third kappa shape index (κ3) is 1.34. The van der Waals surface area contributed by atoms with Crippen LogP contribution in [0, 0.1) is 0 Å². The zero-order chi connectivity index (χ0) is 11.0. The van der Waals surface area contributed by atoms with E-state index in [4.69, 9.17) is 5.73 Å². The van der Waals surface area contributed by atoms with Gasteiger partial charge < -0.3 is 5.73 Å². The van der Waals surface area contributed by atoms with Crippen molar-refractivity contribution < 1.29 is 0 Å². The van der Waals surface area contributed by atoms with E-state index in [0.717, 1.165) is 5.65 Å². The van der Waals surface area contributed by atoms with Crippen LogP contribution in [0.1, 0.15) is 5.82 Å². The lowest BCUT2D eigenvalue weighted by Gasteiger charge is -1.99. The summed E-state index contributed by atoms with van der Waals surface area (Å²) in [6.45, 7) is 0.321. The van der Waals surface area contributed by atoms with Gasteiger partial charge in [0.05, 0.1) is 12.7 Å². The highest BCUT2D eigenvalue weighted by molar-refractivity contribution is 5.39. The van der Waals surface area contributed by atoms with Crippen molar-refractivity contribution in [3.63, 3.8) is 0 Å². The smallest absolute Gasteiger partial charge is 0.164 e. The fourth-order valence-corrected chi connectivity index (χ4v) is 1.43. The maximum absolute atomic E-state index is 5.44. The van der Waals surface area contributed by atoms with E-state index < -0.39 is 0 Å². The molecule has 3 aromatic rings. The first kappa shape index (κ1) is 8.98. The number of hydrogen-bond acceptors (Lipinski definition) is 5. The van der Waals surface area contributed by atoms with Crippen LogP contribution < -0.4 is 5.73 Å². The normalized spacial score (nSPS) is 11.1. The average molecular weight is 215 g/mol. The lowest BCUT2D eigenvalue weighted by Crippen LogP contribution is -2.03. The molecule has 0 aliphatic heterocycles. The fraction of sp³-hybridized carbons (Fsp3) is 0.111. The number of hydrogen-bond donors (Lipinski definition) is 1. The van der Waals surface area contributed by atoms with E-state index >= 15 is 0 Å². The molecule has 0 saturated heterocycles. The van der Waals surface area contributed by atoms with Gasteiger partial charge in [0, 0.05) is 18.3 Å². The van der Waals surface area contributed by atoms with Gasteiger partial charge in [-0.25, -0.2) is 19.2 Å². The van der Waals surface area contributed by atoms with Crippen molar-refractivity contribution in [2.45, 2.75) is 6.54 Å². The standard InChI is InChI=1S/C9H9N7/c10-5-7-11-6-16(14-7)9-2-4-15-8(13-9)1-3-12-15/h1-4,6H,5,10H2. The summed E-state index contributed by atoms with van der Waals surface area (Å²) in [6.07, 6.45) is 5.11. The molecule has 3 heterocycles. The third-order valence-corrected chi connectivity index (χ3v) is 2.20. The second-order valence-corrected chi connectivity index (χ2v) is 3.23. The summed E-state index contributed by atoms with van der Waals surface area (Å²) < 4.78 is 3.28. The minimum atomic E-state index is 0.321. The van der Waals surface area contributed by atoms with Gasteiger partial charge in [-0.2, -0.15) is 5.10 Å². The largest absolute Gasteiger partial charge is 0.324 e. The summed E-state index contributed by atoms with van der Waals surface area (Å²) in [5.41, 5.74) is 6.21. The number of rotatable bonds is 2. The third-order valence-electron chi connectivity index (χ3n) is 2.20. The van der Waals surface area contributed by atoms with E-state index in [0.29, 0.717) is 18.2 Å². The molecule has 0 aliphatic rings. The summed E-state index contributed by atoms with van der Waals surface area (Å²) in [6, 6.07) is 3.64. The molecule has 80 valence electrons. The van der Waals surface area contributed by atoms with Crippen LogP contribution in [-0.4, -0.2) is 29.4 Å². The molecular weight excluding hydrogens is 206 g/mol. The molecule has 0 fully saturated rings. The molecule has 7 nitrogen and oxygen atoms in total. The maximum atomic E-state index is 5.44. The average Bonchev–Trinajstić information content (AvgIpc) is 2.96. The van der Waals surface area contributed by atoms with Gasteiger partial charge in [-0.15, -0.1) is 5.10 Å². The van der Waals surface area contributed by atoms with Crippen molar-refractivity contribution in [1.29, 1.82) is 0 Å². The zero-order valence-corrected chi connectivity index (χ0v) is 8.35. The lowest BCUT2D eigenvalue weighted by molar-refractivity contribution is 0.801. The maximum Gasteiger partial charge on any atom is 0.164 e. The second kappa shape index (κ2) is 3.38. The van der Waals surface area contributed by atoms with Crippen LogP contribution >= 0.6 is 0 Å². The Balaban J connectivity index is 2.10. The van der Waals surface area contributed by atoms with Crippen LogP contribution in [0.15, 0.2) is 30.9 Å². The van der Waals surface area contributed by atoms with Gasteiger partial charge in [-0.3, -0.25) is 0 Å². The Morgan fingerprint density at radius 2 is 2.25 bits per heavy atom. The monoisotopic (exact) mass is 215 g/mol. The number of nitrogens with zero attached hydrogens (tertiary/aromatic N) is 6. The lowest BCUT2D eigenvalue weighted by atomic mass is 10.5. The first-order chi connectivity index (χ1) is 7.86. The first-order valence-corrected chi connectivity index (χ1v) is 4.78. The Kier molecular flexibility index (Phi) is 1.90. The van der Waals surface area contributed by atoms with Crippen molar-refractivity contribution in [2.75, 3.05) is 0 Å². The summed E-state index contributed by atoms with van der Waals surface area (Å²) in [4.78, 5) is 8.42. The van der Waals surface area contributed by atoms with Crippen LogP contribution in [0.3, 0.4) is 0 Å². The Hall–Kier alpha value is -2.28. The fourth-order valence-electron chi connectivity index (χ4n) is 1.43. The van der Waals surface area contributed by atoms with Crippen LogP contribution in [-0.2, 0) is 6.54 Å². The number of fused-ring (bicyclic) bond motifs is 1. The number of aromatic nitrogens is 6. The molecule has 0 saturated carbocycles. The SMILES string of the molecule is NCc1ncn(-c2ccn3nccc3n2)n1. The highest BCUT2D eigenvalue weighted by Gasteiger charge is 2.03. The molecule has 0 amide bonds. The van der Waals surface area contributed by atoms with Gasteiger partial charge in [-0.05, 0) is 0 Å². The molecule has 0 spiro atoms. The quantitative estimate of drug-likeness (QED) is 0.638. The molecule has 7 heteroatoms. The van der Waals surface area contributed by atoms with Crippen LogP contribution in [0.2, 0.25) is 0 Å². The van der Waals surface area contributed by atoms with Gasteiger partial charge >= 0.3 is 0 Å². The summed E-state index contributed by atoms with van der Waals surface area (Å²) in [5, 5.41) is 8.24. The molecule has 0 atom stereocenters. The molecule has 2 N–H and O–H groups in total. The van der Waals surface area contributed by atoms with Gasteiger partial charge in [-0.1, -0.05) is 0 Å². The summed E-state index contributed by atoms with van der Waals surface area (Å²) >= 11 is 0. The van der Waals surface area contributed by atoms with Crippen molar-refractivity contribution in [2.24, 2.45) is 5.73 Å². The van der Waals surface area contributed by atoms with E-state index in [1.54, 1.807) is 21.7 Å². The van der Waals surface area contributed by atoms with Crippen molar-refractivity contribution in [3.8, 4) is 5.82 Å². The molecule has 0 aliphatic carbocycles. The van der Waals surface area contributed by atoms with Crippen molar-refractivity contribution >= 4 is 5.65 Å². The molecule has 3 rings (SSSR count). The van der Waals surface area contributed by atoms with E-state index in [9.17, 15) is 0 Å². The molecule has 0 aromatic carbocycles. The zero-order valence-electron chi connectivity index (χ0n) is 8.35. The second-order valence-electron chi connectivity index (χ2n) is 3.23. The molecule has 16 heavy (non-hydrogen) atoms. The first-order valence-electron chi connectivity index (χ1n) is 4.78. The van der Waals surface area contributed by atoms with Crippen molar-refractivity contribution in [1.82, 2.24) is 29.4 Å². The van der Waals surface area contributed by atoms with Gasteiger partial charge in [0.25, 0.3) is 0 Å². The van der Waals surface area contributed by atoms with E-state index in [1.807, 2.05) is 18.3 Å². The summed E-state index contributed by atoms with van der Waals surface area (Å²) in [7, 11) is 0. The topological polar surface area (TPSA) is 86.9 Å². The molecular formula is C9H9N7.